The Balaban J connectivity index is 0.00000480. The highest BCUT2D eigenvalue weighted by Crippen LogP contribution is 2.40. The highest BCUT2D eigenvalue weighted by molar-refractivity contribution is 14.0. The molecule has 0 saturated carbocycles. The number of nitrogens with one attached hydrogen (secondary N) is 2. The van der Waals surface area contributed by atoms with Gasteiger partial charge in [-0.3, -0.25) is 4.99 Å². The van der Waals surface area contributed by atoms with Crippen molar-refractivity contribution in [3.63, 3.8) is 0 Å². The summed E-state index contributed by atoms with van der Waals surface area (Å²) in [6.07, 6.45) is -2.96. The number of hydrogen-bond donors (Lipinski definition) is 3. The van der Waals surface area contributed by atoms with Gasteiger partial charge in [0, 0.05) is 39.0 Å². The van der Waals surface area contributed by atoms with Crippen LogP contribution in [0.2, 0.25) is 0 Å². The molecule has 1 aromatic carbocycles. The fraction of sp³-hybridized carbons (Fsp3) is 0.500. The maximum Gasteiger partial charge on any atom is 0.424 e. The van der Waals surface area contributed by atoms with Crippen molar-refractivity contribution in [1.82, 2.24) is 20.2 Å². The predicted octanol–water partition coefficient (Wildman–Crippen LogP) is 3.12. The van der Waals surface area contributed by atoms with Gasteiger partial charge in [0.25, 0.3) is 0 Å². The van der Waals surface area contributed by atoms with Crippen molar-refractivity contribution in [2.24, 2.45) is 12.0 Å². The first-order chi connectivity index (χ1) is 14.2. The maximum atomic E-state index is 13.6. The first-order valence-electron chi connectivity index (χ1n) is 9.66. The molecule has 1 aromatic heterocycles. The lowest BCUT2D eigenvalue weighted by Gasteiger charge is -2.29. The molecule has 31 heavy (non-hydrogen) atoms. The number of hydrogen-bond acceptors (Lipinski definition) is 4. The molecule has 0 fully saturated rings. The molecule has 2 rings (SSSR count). The summed E-state index contributed by atoms with van der Waals surface area (Å²) >= 11 is 0. The van der Waals surface area contributed by atoms with Crippen LogP contribution in [0, 0.1) is 6.92 Å². The third kappa shape index (κ3) is 7.56. The fourth-order valence-electron chi connectivity index (χ4n) is 2.79. The van der Waals surface area contributed by atoms with E-state index >= 15 is 0 Å². The van der Waals surface area contributed by atoms with E-state index in [1.54, 1.807) is 0 Å². The zero-order chi connectivity index (χ0) is 22.2. The number of aliphatic imine (C=N–C) groups is 1. The van der Waals surface area contributed by atoms with Gasteiger partial charge in [0.1, 0.15) is 18.2 Å². The summed E-state index contributed by atoms with van der Waals surface area (Å²) in [6, 6.07) is 7.61. The van der Waals surface area contributed by atoms with Gasteiger partial charge in [-0.1, -0.05) is 17.7 Å². The summed E-state index contributed by atoms with van der Waals surface area (Å²) in [4.78, 5) is 7.83. The average Bonchev–Trinajstić information content (AvgIpc) is 3.12. The molecule has 7 nitrogen and oxygen atoms in total. The molecule has 0 radical (unpaired) electrons. The van der Waals surface area contributed by atoms with Crippen molar-refractivity contribution in [1.29, 1.82) is 0 Å². The first kappa shape index (κ1) is 27.0. The van der Waals surface area contributed by atoms with Crippen LogP contribution >= 0.6 is 24.0 Å². The molecule has 0 amide bonds. The Hall–Kier alpha value is -2.02. The van der Waals surface area contributed by atoms with Crippen molar-refractivity contribution in [3.8, 4) is 5.75 Å². The third-order valence-corrected chi connectivity index (χ3v) is 4.43. The molecule has 11 heteroatoms. The van der Waals surface area contributed by atoms with Gasteiger partial charge < -0.3 is 25.0 Å². The van der Waals surface area contributed by atoms with Crippen molar-refractivity contribution in [2.75, 3.05) is 26.2 Å². The predicted molar refractivity (Wildman–Crippen MR) is 124 cm³/mol. The zero-order valence-corrected chi connectivity index (χ0v) is 20.1. The average molecular weight is 555 g/mol. The molecule has 0 bridgehead atoms. The molecular formula is C20H29F3IN5O2. The van der Waals surface area contributed by atoms with Crippen molar-refractivity contribution in [3.05, 3.63) is 48.0 Å². The minimum Gasteiger partial charge on any atom is -0.492 e. The highest BCUT2D eigenvalue weighted by Gasteiger charge is 2.57. The van der Waals surface area contributed by atoms with Gasteiger partial charge in [0.2, 0.25) is 5.60 Å². The molecule has 0 saturated heterocycles. The Morgan fingerprint density at radius 3 is 2.45 bits per heavy atom. The van der Waals surface area contributed by atoms with Crippen LogP contribution in [0.4, 0.5) is 13.2 Å². The van der Waals surface area contributed by atoms with E-state index in [0.717, 1.165) is 15.9 Å². The third-order valence-electron chi connectivity index (χ3n) is 4.43. The van der Waals surface area contributed by atoms with Gasteiger partial charge in [-0.25, -0.2) is 4.98 Å². The Labute approximate surface area is 197 Å². The number of aryl methyl sites for hydroxylation is 2. The van der Waals surface area contributed by atoms with Gasteiger partial charge >= 0.3 is 6.18 Å². The Bertz CT molecular complexity index is 827. The number of benzene rings is 1. The first-order valence-corrected chi connectivity index (χ1v) is 9.66. The van der Waals surface area contributed by atoms with Crippen LogP contribution in [0.1, 0.15) is 24.7 Å². The van der Waals surface area contributed by atoms with Gasteiger partial charge in [-0.05, 0) is 26.0 Å². The minimum atomic E-state index is -4.88. The van der Waals surface area contributed by atoms with Crippen LogP contribution in [0.25, 0.3) is 0 Å². The topological polar surface area (TPSA) is 83.7 Å². The molecule has 3 N–H and O–H groups in total. The summed E-state index contributed by atoms with van der Waals surface area (Å²) in [5.74, 6) is 0.610. The zero-order valence-electron chi connectivity index (χ0n) is 17.7. The number of aromatic nitrogens is 2. The van der Waals surface area contributed by atoms with Gasteiger partial charge in [-0.2, -0.15) is 13.2 Å². The number of halogens is 4. The number of rotatable bonds is 9. The molecule has 0 aliphatic rings. The summed E-state index contributed by atoms with van der Waals surface area (Å²) in [5, 5.41) is 16.3. The quantitative estimate of drug-likeness (QED) is 0.192. The smallest absolute Gasteiger partial charge is 0.424 e. The Morgan fingerprint density at radius 1 is 1.23 bits per heavy atom. The van der Waals surface area contributed by atoms with Crippen molar-refractivity contribution >= 4 is 29.9 Å². The molecule has 0 aliphatic carbocycles. The summed E-state index contributed by atoms with van der Waals surface area (Å²) in [7, 11) is 1.40. The second-order valence-electron chi connectivity index (χ2n) is 6.82. The molecule has 2 aromatic rings. The number of nitrogens with zero attached hydrogens (tertiary/aromatic N) is 3. The lowest BCUT2D eigenvalue weighted by molar-refractivity contribution is -0.272. The molecule has 0 spiro atoms. The van der Waals surface area contributed by atoms with Crippen LogP contribution in [0.15, 0.2) is 41.7 Å². The number of aliphatic hydroxyl groups is 1. The largest absolute Gasteiger partial charge is 0.492 e. The number of imidazole rings is 1. The molecule has 1 unspecified atom stereocenters. The Morgan fingerprint density at radius 2 is 1.90 bits per heavy atom. The lowest BCUT2D eigenvalue weighted by atomic mass is 9.98. The van der Waals surface area contributed by atoms with E-state index < -0.39 is 24.0 Å². The van der Waals surface area contributed by atoms with Gasteiger partial charge in [0.05, 0.1) is 6.54 Å². The van der Waals surface area contributed by atoms with E-state index in [1.807, 2.05) is 38.1 Å². The Kier molecular flexibility index (Phi) is 10.6. The van der Waals surface area contributed by atoms with E-state index in [-0.39, 0.29) is 30.5 Å². The van der Waals surface area contributed by atoms with Crippen molar-refractivity contribution in [2.45, 2.75) is 32.0 Å². The summed E-state index contributed by atoms with van der Waals surface area (Å²) < 4.78 is 47.4. The normalized spacial score (nSPS) is 13.8. The van der Waals surface area contributed by atoms with Gasteiger partial charge in [0.15, 0.2) is 5.96 Å². The highest BCUT2D eigenvalue weighted by atomic mass is 127. The van der Waals surface area contributed by atoms with E-state index in [9.17, 15) is 18.3 Å². The van der Waals surface area contributed by atoms with Crippen LogP contribution in [0.5, 0.6) is 5.75 Å². The summed E-state index contributed by atoms with van der Waals surface area (Å²) in [5.41, 5.74) is -1.95. The fourth-order valence-corrected chi connectivity index (χ4v) is 2.79. The number of guanidine groups is 1. The second-order valence-corrected chi connectivity index (χ2v) is 6.82. The standard InChI is InChI=1S/C20H28F3N5O2.HI/c1-4-24-18(27-12-14-30-16-7-5-15(2)6-8-16)26-10-9-19(29,20(21,22)23)17-25-11-13-28(17)3;/h5-8,11,13,29H,4,9-10,12,14H2,1-3H3,(H2,24,26,27);1H. The molecular weight excluding hydrogens is 526 g/mol. The maximum absolute atomic E-state index is 13.6. The second kappa shape index (κ2) is 12.1. The van der Waals surface area contributed by atoms with Crippen LogP contribution in [0.3, 0.4) is 0 Å². The summed E-state index contributed by atoms with van der Waals surface area (Å²) in [6.45, 7) is 4.87. The molecule has 1 atom stereocenters. The number of ether oxygens (including phenoxy) is 1. The molecule has 0 aliphatic heterocycles. The van der Waals surface area contributed by atoms with Gasteiger partial charge in [-0.15, -0.1) is 24.0 Å². The van der Waals surface area contributed by atoms with E-state index in [1.165, 1.54) is 19.4 Å². The minimum absolute atomic E-state index is 0. The molecule has 174 valence electrons. The van der Waals surface area contributed by atoms with E-state index in [4.69, 9.17) is 4.74 Å². The van der Waals surface area contributed by atoms with Crippen LogP contribution in [-0.4, -0.2) is 53.0 Å². The lowest BCUT2D eigenvalue weighted by Crippen LogP contribution is -2.45. The molecule has 1 heterocycles. The van der Waals surface area contributed by atoms with E-state index in [0.29, 0.717) is 25.7 Å². The monoisotopic (exact) mass is 555 g/mol. The van der Waals surface area contributed by atoms with Crippen molar-refractivity contribution < 1.29 is 23.0 Å². The SMILES string of the molecule is CCNC(=NCCC(O)(c1nccn1C)C(F)(F)F)NCCOc1ccc(C)cc1.I. The van der Waals surface area contributed by atoms with Crippen LogP contribution in [-0.2, 0) is 12.6 Å². The van der Waals surface area contributed by atoms with Crippen LogP contribution < -0.4 is 15.4 Å². The van der Waals surface area contributed by atoms with E-state index in [2.05, 4.69) is 20.6 Å². The number of alkyl halides is 3.